The van der Waals surface area contributed by atoms with Gasteiger partial charge in [-0.15, -0.1) is 0 Å². The van der Waals surface area contributed by atoms with Gasteiger partial charge >= 0.3 is 0 Å². The molecule has 0 radical (unpaired) electrons. The summed E-state index contributed by atoms with van der Waals surface area (Å²) >= 11 is 0. The van der Waals surface area contributed by atoms with E-state index in [1.54, 1.807) is 6.20 Å². The van der Waals surface area contributed by atoms with Crippen LogP contribution in [0.4, 0.5) is 5.82 Å². The highest BCUT2D eigenvalue weighted by molar-refractivity contribution is 5.77. The van der Waals surface area contributed by atoms with Crippen molar-refractivity contribution < 1.29 is 4.79 Å². The maximum absolute atomic E-state index is 12.7. The fourth-order valence-corrected chi connectivity index (χ4v) is 4.35. The van der Waals surface area contributed by atoms with E-state index >= 15 is 0 Å². The number of unbranched alkanes of at least 4 members (excludes halogenated alkanes) is 2. The summed E-state index contributed by atoms with van der Waals surface area (Å²) in [5.41, 5.74) is 0.976. The van der Waals surface area contributed by atoms with Crippen molar-refractivity contribution in [3.05, 3.63) is 36.3 Å². The largest absolute Gasteiger partial charge is 0.354 e. The van der Waals surface area contributed by atoms with Crippen molar-refractivity contribution in [2.75, 3.05) is 11.4 Å². The van der Waals surface area contributed by atoms with E-state index in [-0.39, 0.29) is 18.0 Å². The number of nitrogens with zero attached hydrogens (tertiary/aromatic N) is 5. The monoisotopic (exact) mass is 426 g/mol. The van der Waals surface area contributed by atoms with Crippen molar-refractivity contribution in [1.82, 2.24) is 24.8 Å². The highest BCUT2D eigenvalue weighted by Gasteiger charge is 2.26. The molecule has 1 aliphatic heterocycles. The zero-order chi connectivity index (χ0) is 22.1. The summed E-state index contributed by atoms with van der Waals surface area (Å²) in [6, 6.07) is 2.50. The van der Waals surface area contributed by atoms with Crippen LogP contribution in [0.15, 0.2) is 24.8 Å². The standard InChI is InChI=1S/C24H38N6O/c1-4-5-6-9-19(2)27-24(31)17-21-10-7-8-13-30(21)23-16-20(3)26-22(28-23)11-14-29-15-12-25-18-29/h12,15-16,18-19,21H,4-11,13-14,17H2,1-3H3,(H,27,31). The molecule has 0 saturated carbocycles. The lowest BCUT2D eigenvalue weighted by Gasteiger charge is -2.36. The summed E-state index contributed by atoms with van der Waals surface area (Å²) in [5, 5.41) is 3.21. The Labute approximate surface area is 186 Å². The molecule has 2 aromatic rings. The van der Waals surface area contributed by atoms with Gasteiger partial charge in [0.25, 0.3) is 0 Å². The van der Waals surface area contributed by atoms with Gasteiger partial charge in [-0.25, -0.2) is 15.0 Å². The summed E-state index contributed by atoms with van der Waals surface area (Å²) < 4.78 is 2.04. The normalized spacial score (nSPS) is 17.5. The SMILES string of the molecule is CCCCCC(C)NC(=O)CC1CCCCN1c1cc(C)nc(CCn2ccnc2)n1. The minimum atomic E-state index is 0.159. The predicted octanol–water partition coefficient (Wildman–Crippen LogP) is 4.06. The van der Waals surface area contributed by atoms with Crippen molar-refractivity contribution in [3.8, 4) is 0 Å². The Morgan fingerprint density at radius 3 is 2.94 bits per heavy atom. The van der Waals surface area contributed by atoms with E-state index in [1.165, 1.54) is 19.3 Å². The Morgan fingerprint density at radius 1 is 1.29 bits per heavy atom. The quantitative estimate of drug-likeness (QED) is 0.549. The van der Waals surface area contributed by atoms with Crippen LogP contribution in [0.5, 0.6) is 0 Å². The van der Waals surface area contributed by atoms with Gasteiger partial charge in [0, 0.05) is 62.2 Å². The number of anilines is 1. The maximum atomic E-state index is 12.7. The molecule has 0 bridgehead atoms. The average molecular weight is 427 g/mol. The first-order chi connectivity index (χ1) is 15.0. The van der Waals surface area contributed by atoms with Gasteiger partial charge in [-0.1, -0.05) is 26.2 Å². The van der Waals surface area contributed by atoms with Crippen LogP contribution in [-0.4, -0.2) is 44.1 Å². The first-order valence-electron chi connectivity index (χ1n) is 11.9. The number of aromatic nitrogens is 4. The van der Waals surface area contributed by atoms with Crippen LogP contribution >= 0.6 is 0 Å². The van der Waals surface area contributed by atoms with E-state index in [4.69, 9.17) is 4.98 Å². The summed E-state index contributed by atoms with van der Waals surface area (Å²) in [5.74, 6) is 1.97. The van der Waals surface area contributed by atoms with Crippen molar-refractivity contribution in [2.24, 2.45) is 0 Å². The number of carbonyl (C=O) groups excluding carboxylic acids is 1. The number of piperidine rings is 1. The fourth-order valence-electron chi connectivity index (χ4n) is 4.35. The van der Waals surface area contributed by atoms with Crippen LogP contribution in [0, 0.1) is 6.92 Å². The van der Waals surface area contributed by atoms with Gasteiger partial charge in [-0.3, -0.25) is 4.79 Å². The predicted molar refractivity (Wildman–Crippen MR) is 124 cm³/mol. The van der Waals surface area contributed by atoms with Gasteiger partial charge in [-0.2, -0.15) is 0 Å². The fraction of sp³-hybridized carbons (Fsp3) is 0.667. The summed E-state index contributed by atoms with van der Waals surface area (Å²) in [6.07, 6.45) is 14.9. The topological polar surface area (TPSA) is 75.9 Å². The zero-order valence-corrected chi connectivity index (χ0v) is 19.4. The van der Waals surface area contributed by atoms with Crippen molar-refractivity contribution >= 4 is 11.7 Å². The molecular formula is C24H38N6O. The average Bonchev–Trinajstić information content (AvgIpc) is 3.26. The summed E-state index contributed by atoms with van der Waals surface area (Å²) in [7, 11) is 0. The minimum absolute atomic E-state index is 0.159. The van der Waals surface area contributed by atoms with Crippen LogP contribution in [0.2, 0.25) is 0 Å². The van der Waals surface area contributed by atoms with Gasteiger partial charge in [0.05, 0.1) is 6.33 Å². The Kier molecular flexibility index (Phi) is 8.85. The first-order valence-corrected chi connectivity index (χ1v) is 11.9. The third-order valence-electron chi connectivity index (χ3n) is 6.03. The molecule has 7 heteroatoms. The molecule has 2 unspecified atom stereocenters. The van der Waals surface area contributed by atoms with Crippen LogP contribution in [0.1, 0.15) is 76.7 Å². The lowest BCUT2D eigenvalue weighted by Crippen LogP contribution is -2.44. The van der Waals surface area contributed by atoms with Gasteiger partial charge in [-0.05, 0) is 39.5 Å². The molecule has 2 aromatic heterocycles. The smallest absolute Gasteiger partial charge is 0.222 e. The van der Waals surface area contributed by atoms with Crippen molar-refractivity contribution in [2.45, 2.75) is 97.2 Å². The van der Waals surface area contributed by atoms with E-state index in [0.717, 1.165) is 62.5 Å². The molecule has 31 heavy (non-hydrogen) atoms. The van der Waals surface area contributed by atoms with E-state index in [0.29, 0.717) is 6.42 Å². The molecule has 2 atom stereocenters. The third kappa shape index (κ3) is 7.33. The Bertz CT molecular complexity index is 806. The van der Waals surface area contributed by atoms with Gasteiger partial charge < -0.3 is 14.8 Å². The molecule has 0 aliphatic carbocycles. The van der Waals surface area contributed by atoms with Crippen molar-refractivity contribution in [1.29, 1.82) is 0 Å². The second-order valence-corrected chi connectivity index (χ2v) is 8.85. The molecule has 1 fully saturated rings. The second-order valence-electron chi connectivity index (χ2n) is 8.85. The lowest BCUT2D eigenvalue weighted by atomic mass is 9.98. The number of aryl methyl sites for hydroxylation is 3. The highest BCUT2D eigenvalue weighted by atomic mass is 16.1. The molecule has 1 amide bonds. The lowest BCUT2D eigenvalue weighted by molar-refractivity contribution is -0.122. The second kappa shape index (κ2) is 11.8. The molecule has 3 heterocycles. The third-order valence-corrected chi connectivity index (χ3v) is 6.03. The van der Waals surface area contributed by atoms with Gasteiger partial charge in [0.2, 0.25) is 5.91 Å². The number of carbonyl (C=O) groups is 1. The van der Waals surface area contributed by atoms with E-state index in [2.05, 4.69) is 40.1 Å². The van der Waals surface area contributed by atoms with Crippen LogP contribution in [0.25, 0.3) is 0 Å². The highest BCUT2D eigenvalue weighted by Crippen LogP contribution is 2.26. The number of hydrogen-bond donors (Lipinski definition) is 1. The van der Waals surface area contributed by atoms with Crippen molar-refractivity contribution in [3.63, 3.8) is 0 Å². The molecule has 7 nitrogen and oxygen atoms in total. The molecule has 1 saturated heterocycles. The van der Waals surface area contributed by atoms with E-state index in [1.807, 2.05) is 24.0 Å². The van der Waals surface area contributed by atoms with Crippen LogP contribution in [0.3, 0.4) is 0 Å². The molecule has 1 N–H and O–H groups in total. The molecule has 3 rings (SSSR count). The Hall–Kier alpha value is -2.44. The van der Waals surface area contributed by atoms with E-state index in [9.17, 15) is 4.79 Å². The van der Waals surface area contributed by atoms with Crippen LogP contribution < -0.4 is 10.2 Å². The molecular weight excluding hydrogens is 388 g/mol. The Morgan fingerprint density at radius 2 is 2.16 bits per heavy atom. The number of hydrogen-bond acceptors (Lipinski definition) is 5. The number of rotatable bonds is 11. The number of amides is 1. The minimum Gasteiger partial charge on any atom is -0.354 e. The molecule has 1 aliphatic rings. The Balaban J connectivity index is 1.62. The number of imidazole rings is 1. The van der Waals surface area contributed by atoms with Gasteiger partial charge in [0.1, 0.15) is 11.6 Å². The maximum Gasteiger partial charge on any atom is 0.222 e. The van der Waals surface area contributed by atoms with Crippen LogP contribution in [-0.2, 0) is 17.8 Å². The summed E-state index contributed by atoms with van der Waals surface area (Å²) in [4.78, 5) is 28.7. The van der Waals surface area contributed by atoms with Gasteiger partial charge in [0.15, 0.2) is 0 Å². The summed E-state index contributed by atoms with van der Waals surface area (Å²) in [6.45, 7) is 8.10. The molecule has 0 aromatic carbocycles. The first kappa shape index (κ1) is 23.2. The number of nitrogens with one attached hydrogen (secondary N) is 1. The molecule has 0 spiro atoms. The molecule has 170 valence electrons. The van der Waals surface area contributed by atoms with E-state index < -0.39 is 0 Å². The zero-order valence-electron chi connectivity index (χ0n) is 19.4.